The summed E-state index contributed by atoms with van der Waals surface area (Å²) >= 11 is 0. The van der Waals surface area contributed by atoms with E-state index in [9.17, 15) is 23.1 Å². The van der Waals surface area contributed by atoms with Crippen LogP contribution in [0.3, 0.4) is 0 Å². The third kappa shape index (κ3) is 3.93. The molecule has 1 saturated carbocycles. The van der Waals surface area contributed by atoms with Crippen LogP contribution in [0.2, 0.25) is 0 Å². The number of hydrogen-bond acceptors (Lipinski definition) is 2. The summed E-state index contributed by atoms with van der Waals surface area (Å²) in [5.74, 6) is -2.93. The van der Waals surface area contributed by atoms with Gasteiger partial charge in [0.1, 0.15) is 5.75 Å². The third-order valence-electron chi connectivity index (χ3n) is 4.21. The summed E-state index contributed by atoms with van der Waals surface area (Å²) in [6, 6.07) is 6.38. The number of amides is 1. The number of carbonyl (C=O) groups is 1. The number of phenols is 1. The molecule has 0 aliphatic heterocycles. The maximum atomic E-state index is 13.1. The zero-order valence-corrected chi connectivity index (χ0v) is 12.4. The summed E-state index contributed by atoms with van der Waals surface area (Å²) in [6.45, 7) is 0.189. The van der Waals surface area contributed by atoms with Crippen LogP contribution >= 0.6 is 0 Å². The van der Waals surface area contributed by atoms with Crippen molar-refractivity contribution in [2.24, 2.45) is 11.8 Å². The number of aromatic hydroxyl groups is 1. The maximum absolute atomic E-state index is 13.1. The van der Waals surface area contributed by atoms with Gasteiger partial charge in [-0.1, -0.05) is 25.0 Å². The normalized spacial score (nSPS) is 22.4. The molecule has 2 atom stereocenters. The molecule has 0 radical (unpaired) electrons. The van der Waals surface area contributed by atoms with Crippen LogP contribution in [0.4, 0.5) is 13.2 Å². The molecule has 22 heavy (non-hydrogen) atoms. The minimum Gasteiger partial charge on any atom is -0.508 e. The first-order valence-electron chi connectivity index (χ1n) is 7.38. The SMILES string of the molecule is CN(Cc1cccc(O)c1)C(=O)[C@@H]1CCCC[C@@H]1C(F)(F)F. The first-order valence-corrected chi connectivity index (χ1v) is 7.38. The van der Waals surface area contributed by atoms with E-state index in [-0.39, 0.29) is 25.1 Å². The minimum atomic E-state index is -4.33. The molecule has 1 fully saturated rings. The fourth-order valence-electron chi connectivity index (χ4n) is 3.11. The fourth-order valence-corrected chi connectivity index (χ4v) is 3.11. The Labute approximate surface area is 127 Å². The molecule has 0 bridgehead atoms. The topological polar surface area (TPSA) is 40.5 Å². The van der Waals surface area contributed by atoms with Crippen molar-refractivity contribution >= 4 is 5.91 Å². The molecule has 0 saturated heterocycles. The van der Waals surface area contributed by atoms with Crippen molar-refractivity contribution < 1.29 is 23.1 Å². The monoisotopic (exact) mass is 315 g/mol. The molecule has 1 aromatic rings. The van der Waals surface area contributed by atoms with E-state index in [0.717, 1.165) is 0 Å². The third-order valence-corrected chi connectivity index (χ3v) is 4.21. The molecular formula is C16H20F3NO2. The van der Waals surface area contributed by atoms with E-state index in [1.807, 2.05) is 0 Å². The average molecular weight is 315 g/mol. The van der Waals surface area contributed by atoms with Gasteiger partial charge in [0.2, 0.25) is 5.91 Å². The van der Waals surface area contributed by atoms with Gasteiger partial charge in [0.25, 0.3) is 0 Å². The van der Waals surface area contributed by atoms with Gasteiger partial charge in [0.05, 0.1) is 5.92 Å². The van der Waals surface area contributed by atoms with Crippen molar-refractivity contribution in [1.82, 2.24) is 4.90 Å². The van der Waals surface area contributed by atoms with Crippen molar-refractivity contribution in [2.45, 2.75) is 38.4 Å². The molecule has 6 heteroatoms. The Morgan fingerprint density at radius 1 is 1.32 bits per heavy atom. The van der Waals surface area contributed by atoms with Gasteiger partial charge in [-0.3, -0.25) is 4.79 Å². The summed E-state index contributed by atoms with van der Waals surface area (Å²) in [6.07, 6.45) is -2.84. The molecule has 2 rings (SSSR count). The highest BCUT2D eigenvalue weighted by Gasteiger charge is 2.48. The quantitative estimate of drug-likeness (QED) is 0.923. The van der Waals surface area contributed by atoms with Gasteiger partial charge in [0.15, 0.2) is 0 Å². The van der Waals surface area contributed by atoms with Crippen LogP contribution in [0.5, 0.6) is 5.75 Å². The maximum Gasteiger partial charge on any atom is 0.392 e. The predicted molar refractivity (Wildman–Crippen MR) is 76.1 cm³/mol. The Balaban J connectivity index is 2.08. The summed E-state index contributed by atoms with van der Waals surface area (Å²) in [4.78, 5) is 13.7. The zero-order valence-electron chi connectivity index (χ0n) is 12.4. The Bertz CT molecular complexity index is 530. The number of rotatable bonds is 3. The molecule has 0 heterocycles. The van der Waals surface area contributed by atoms with E-state index in [2.05, 4.69) is 0 Å². The number of phenolic OH excluding ortho intramolecular Hbond substituents is 1. The zero-order chi connectivity index (χ0) is 16.3. The lowest BCUT2D eigenvalue weighted by atomic mass is 9.78. The number of carbonyl (C=O) groups excluding carboxylic acids is 1. The predicted octanol–water partition coefficient (Wildman–Crippen LogP) is 3.72. The van der Waals surface area contributed by atoms with Crippen LogP contribution in [0.1, 0.15) is 31.2 Å². The van der Waals surface area contributed by atoms with Crippen LogP contribution in [0, 0.1) is 11.8 Å². The number of nitrogens with zero attached hydrogens (tertiary/aromatic N) is 1. The molecule has 1 amide bonds. The van der Waals surface area contributed by atoms with E-state index in [1.54, 1.807) is 12.1 Å². The van der Waals surface area contributed by atoms with Gasteiger partial charge >= 0.3 is 6.18 Å². The van der Waals surface area contributed by atoms with Gasteiger partial charge in [0, 0.05) is 19.5 Å². The summed E-state index contributed by atoms with van der Waals surface area (Å²) < 4.78 is 39.3. The van der Waals surface area contributed by atoms with Gasteiger partial charge in [-0.25, -0.2) is 0 Å². The molecule has 0 aromatic heterocycles. The van der Waals surface area contributed by atoms with Crippen LogP contribution in [0.25, 0.3) is 0 Å². The molecule has 0 spiro atoms. The van der Waals surface area contributed by atoms with Crippen molar-refractivity contribution in [1.29, 1.82) is 0 Å². The summed E-state index contributed by atoms with van der Waals surface area (Å²) in [5.41, 5.74) is 0.690. The van der Waals surface area contributed by atoms with E-state index in [1.165, 1.54) is 24.1 Å². The Kier molecular flexibility index (Phi) is 4.98. The molecule has 1 N–H and O–H groups in total. The van der Waals surface area contributed by atoms with Crippen LogP contribution in [-0.4, -0.2) is 29.1 Å². The molecule has 0 unspecified atom stereocenters. The lowest BCUT2D eigenvalue weighted by molar-refractivity contribution is -0.200. The lowest BCUT2D eigenvalue weighted by Crippen LogP contribution is -2.43. The molecule has 1 aliphatic rings. The standard InChI is InChI=1S/C16H20F3NO2/c1-20(10-11-5-4-6-12(21)9-11)15(22)13-7-2-3-8-14(13)16(17,18)19/h4-6,9,13-14,21H,2-3,7-8,10H2,1H3/t13-,14+/m1/s1. The second-order valence-electron chi connectivity index (χ2n) is 5.90. The van der Waals surface area contributed by atoms with Gasteiger partial charge in [-0.15, -0.1) is 0 Å². The Morgan fingerprint density at radius 2 is 2.00 bits per heavy atom. The van der Waals surface area contributed by atoms with Crippen molar-refractivity contribution in [2.75, 3.05) is 7.05 Å². The second-order valence-corrected chi connectivity index (χ2v) is 5.90. The van der Waals surface area contributed by atoms with Gasteiger partial charge < -0.3 is 10.0 Å². The number of alkyl halides is 3. The average Bonchev–Trinajstić information content (AvgIpc) is 2.45. The smallest absolute Gasteiger partial charge is 0.392 e. The Morgan fingerprint density at radius 3 is 2.64 bits per heavy atom. The van der Waals surface area contributed by atoms with Crippen LogP contribution in [0.15, 0.2) is 24.3 Å². The Hall–Kier alpha value is -1.72. The first kappa shape index (κ1) is 16.6. The molecule has 1 aliphatic carbocycles. The largest absolute Gasteiger partial charge is 0.508 e. The van der Waals surface area contributed by atoms with E-state index >= 15 is 0 Å². The van der Waals surface area contributed by atoms with Gasteiger partial charge in [-0.05, 0) is 30.5 Å². The summed E-state index contributed by atoms with van der Waals surface area (Å²) in [5, 5.41) is 9.41. The summed E-state index contributed by atoms with van der Waals surface area (Å²) in [7, 11) is 1.51. The number of hydrogen-bond donors (Lipinski definition) is 1. The molecular weight excluding hydrogens is 295 g/mol. The number of benzene rings is 1. The lowest BCUT2D eigenvalue weighted by Gasteiger charge is -2.34. The van der Waals surface area contributed by atoms with Crippen molar-refractivity contribution in [3.05, 3.63) is 29.8 Å². The highest BCUT2D eigenvalue weighted by Crippen LogP contribution is 2.42. The van der Waals surface area contributed by atoms with Crippen molar-refractivity contribution in [3.63, 3.8) is 0 Å². The van der Waals surface area contributed by atoms with Crippen LogP contribution < -0.4 is 0 Å². The van der Waals surface area contributed by atoms with Crippen LogP contribution in [-0.2, 0) is 11.3 Å². The molecule has 3 nitrogen and oxygen atoms in total. The second kappa shape index (κ2) is 6.58. The van der Waals surface area contributed by atoms with Crippen molar-refractivity contribution in [3.8, 4) is 5.75 Å². The highest BCUT2D eigenvalue weighted by molar-refractivity contribution is 5.79. The highest BCUT2D eigenvalue weighted by atomic mass is 19.4. The molecule has 1 aromatic carbocycles. The molecule has 122 valence electrons. The fraction of sp³-hybridized carbons (Fsp3) is 0.562. The van der Waals surface area contributed by atoms with E-state index in [0.29, 0.717) is 18.4 Å². The van der Waals surface area contributed by atoms with Gasteiger partial charge in [-0.2, -0.15) is 13.2 Å². The van der Waals surface area contributed by atoms with E-state index < -0.39 is 23.9 Å². The van der Waals surface area contributed by atoms with E-state index in [4.69, 9.17) is 0 Å². The first-order chi connectivity index (χ1) is 10.3. The minimum absolute atomic E-state index is 0.0277. The number of halogens is 3.